The van der Waals surface area contributed by atoms with Crippen LogP contribution in [0.5, 0.6) is 0 Å². The van der Waals surface area contributed by atoms with Crippen molar-refractivity contribution in [2.75, 3.05) is 5.32 Å². The predicted molar refractivity (Wildman–Crippen MR) is 69.3 cm³/mol. The number of aromatic nitrogens is 3. The molecule has 2 aromatic heterocycles. The lowest BCUT2D eigenvalue weighted by atomic mass is 10.3. The topological polar surface area (TPSA) is 59.8 Å². The number of hydrogen-bond donors (Lipinski definition) is 1. The van der Waals surface area contributed by atoms with Crippen LogP contribution in [0.25, 0.3) is 11.4 Å². The van der Waals surface area contributed by atoms with E-state index < -0.39 is 0 Å². The molecule has 17 heavy (non-hydrogen) atoms. The summed E-state index contributed by atoms with van der Waals surface area (Å²) in [5.74, 6) is 0. The summed E-state index contributed by atoms with van der Waals surface area (Å²) < 4.78 is 1.31. The fourth-order valence-corrected chi connectivity index (χ4v) is 2.20. The Labute approximate surface area is 103 Å². The van der Waals surface area contributed by atoms with Crippen LogP contribution in [0.15, 0.2) is 22.3 Å². The molecule has 2 heterocycles. The average Bonchev–Trinajstić information content (AvgIpc) is 2.69. The summed E-state index contributed by atoms with van der Waals surface area (Å²) in [5, 5.41) is 10.2. The predicted octanol–water partition coefficient (Wildman–Crippen LogP) is 1.72. The number of nitrogens with one attached hydrogen (secondary N) is 1. The third-order valence-electron chi connectivity index (χ3n) is 2.14. The van der Waals surface area contributed by atoms with Gasteiger partial charge in [0.1, 0.15) is 11.4 Å². The zero-order valence-corrected chi connectivity index (χ0v) is 10.8. The maximum atomic E-state index is 11.2. The molecule has 2 aromatic rings. The van der Waals surface area contributed by atoms with Gasteiger partial charge in [-0.15, -0.1) is 11.3 Å². The molecule has 0 atom stereocenters. The molecule has 0 aliphatic rings. The second-order valence-electron chi connectivity index (χ2n) is 4.02. The molecule has 90 valence electrons. The van der Waals surface area contributed by atoms with Gasteiger partial charge in [-0.05, 0) is 19.9 Å². The molecule has 0 aliphatic heterocycles. The van der Waals surface area contributed by atoms with Gasteiger partial charge in [0, 0.05) is 24.5 Å². The van der Waals surface area contributed by atoms with Crippen molar-refractivity contribution in [3.05, 3.63) is 27.9 Å². The van der Waals surface area contributed by atoms with Gasteiger partial charge in [0.25, 0.3) is 5.56 Å². The Kier molecular flexibility index (Phi) is 3.23. The van der Waals surface area contributed by atoms with Crippen LogP contribution in [-0.2, 0) is 7.05 Å². The van der Waals surface area contributed by atoms with Crippen LogP contribution in [0.2, 0.25) is 0 Å². The van der Waals surface area contributed by atoms with Crippen LogP contribution >= 0.6 is 11.3 Å². The van der Waals surface area contributed by atoms with E-state index in [0.717, 1.165) is 10.8 Å². The van der Waals surface area contributed by atoms with Gasteiger partial charge >= 0.3 is 0 Å². The van der Waals surface area contributed by atoms with E-state index in [1.807, 2.05) is 5.38 Å². The Balaban J connectivity index is 2.30. The van der Waals surface area contributed by atoms with Gasteiger partial charge < -0.3 is 5.32 Å². The number of hydrogen-bond acceptors (Lipinski definition) is 5. The zero-order chi connectivity index (χ0) is 12.4. The fourth-order valence-electron chi connectivity index (χ4n) is 1.34. The summed E-state index contributed by atoms with van der Waals surface area (Å²) >= 11 is 1.53. The van der Waals surface area contributed by atoms with Gasteiger partial charge in [0.2, 0.25) is 0 Å². The number of anilines is 1. The number of aryl methyl sites for hydroxylation is 1. The first kappa shape index (κ1) is 11.8. The molecule has 0 amide bonds. The van der Waals surface area contributed by atoms with E-state index >= 15 is 0 Å². The Morgan fingerprint density at radius 2 is 2.12 bits per heavy atom. The van der Waals surface area contributed by atoms with Gasteiger partial charge in [-0.3, -0.25) is 4.79 Å². The van der Waals surface area contributed by atoms with Crippen LogP contribution in [0.3, 0.4) is 0 Å². The minimum atomic E-state index is -0.121. The van der Waals surface area contributed by atoms with Crippen LogP contribution in [-0.4, -0.2) is 20.8 Å². The van der Waals surface area contributed by atoms with E-state index in [1.54, 1.807) is 13.1 Å². The van der Waals surface area contributed by atoms with Gasteiger partial charge in [-0.1, -0.05) is 0 Å². The number of nitrogens with zero attached hydrogens (tertiary/aromatic N) is 3. The van der Waals surface area contributed by atoms with Crippen molar-refractivity contribution in [1.29, 1.82) is 0 Å². The fraction of sp³-hybridized carbons (Fsp3) is 0.364. The third-order valence-corrected chi connectivity index (χ3v) is 2.91. The molecular weight excluding hydrogens is 236 g/mol. The van der Waals surface area contributed by atoms with Crippen molar-refractivity contribution in [1.82, 2.24) is 14.8 Å². The summed E-state index contributed by atoms with van der Waals surface area (Å²) in [6, 6.07) is 3.54. The highest BCUT2D eigenvalue weighted by Gasteiger charge is 2.07. The second kappa shape index (κ2) is 4.67. The van der Waals surface area contributed by atoms with Gasteiger partial charge in [0.15, 0.2) is 5.13 Å². The molecule has 0 aromatic carbocycles. The molecular formula is C11H14N4OS. The Morgan fingerprint density at radius 1 is 1.35 bits per heavy atom. The summed E-state index contributed by atoms with van der Waals surface area (Å²) in [6.07, 6.45) is 0. The Morgan fingerprint density at radius 3 is 2.76 bits per heavy atom. The molecule has 0 aliphatic carbocycles. The molecule has 5 nitrogen and oxygen atoms in total. The first-order valence-corrected chi connectivity index (χ1v) is 6.21. The maximum Gasteiger partial charge on any atom is 0.266 e. The van der Waals surface area contributed by atoms with Crippen molar-refractivity contribution in [3.8, 4) is 11.4 Å². The molecule has 1 N–H and O–H groups in total. The third kappa shape index (κ3) is 2.71. The molecule has 0 unspecified atom stereocenters. The molecule has 0 bridgehead atoms. The molecule has 0 fully saturated rings. The van der Waals surface area contributed by atoms with E-state index in [-0.39, 0.29) is 5.56 Å². The smallest absolute Gasteiger partial charge is 0.266 e. The lowest BCUT2D eigenvalue weighted by Gasteiger charge is -2.04. The molecule has 0 saturated carbocycles. The zero-order valence-electron chi connectivity index (χ0n) is 9.97. The Bertz CT molecular complexity index is 573. The van der Waals surface area contributed by atoms with Gasteiger partial charge in [0.05, 0.1) is 0 Å². The van der Waals surface area contributed by atoms with Crippen molar-refractivity contribution in [2.45, 2.75) is 19.9 Å². The molecule has 0 saturated heterocycles. The van der Waals surface area contributed by atoms with Crippen molar-refractivity contribution in [3.63, 3.8) is 0 Å². The highest BCUT2D eigenvalue weighted by atomic mass is 32.1. The van der Waals surface area contributed by atoms with Crippen molar-refractivity contribution >= 4 is 16.5 Å². The monoisotopic (exact) mass is 250 g/mol. The lowest BCUT2D eigenvalue weighted by Crippen LogP contribution is -2.18. The number of rotatable bonds is 3. The van der Waals surface area contributed by atoms with Crippen molar-refractivity contribution in [2.24, 2.45) is 7.05 Å². The molecule has 2 rings (SSSR count). The second-order valence-corrected chi connectivity index (χ2v) is 4.88. The van der Waals surface area contributed by atoms with E-state index in [0.29, 0.717) is 11.7 Å². The summed E-state index contributed by atoms with van der Waals surface area (Å²) in [6.45, 7) is 4.12. The van der Waals surface area contributed by atoms with Gasteiger partial charge in [-0.2, -0.15) is 5.10 Å². The van der Waals surface area contributed by atoms with Gasteiger partial charge in [-0.25, -0.2) is 9.67 Å². The summed E-state index contributed by atoms with van der Waals surface area (Å²) in [4.78, 5) is 15.6. The molecule has 0 radical (unpaired) electrons. The van der Waals surface area contributed by atoms with E-state index in [4.69, 9.17) is 0 Å². The minimum Gasteiger partial charge on any atom is -0.359 e. The molecule has 6 heteroatoms. The molecule has 0 spiro atoms. The number of thiazole rings is 1. The first-order chi connectivity index (χ1) is 8.06. The van der Waals surface area contributed by atoms with Crippen LogP contribution in [0.4, 0.5) is 5.13 Å². The van der Waals surface area contributed by atoms with E-state index in [9.17, 15) is 4.79 Å². The standard InChI is InChI=1S/C11H14N4OS/c1-7(2)12-11-13-9(6-17-11)8-4-5-10(16)15(3)14-8/h4-7H,1-3H3,(H,12,13). The van der Waals surface area contributed by atoms with Crippen LogP contribution in [0.1, 0.15) is 13.8 Å². The first-order valence-electron chi connectivity index (χ1n) is 5.33. The minimum absolute atomic E-state index is 0.121. The highest BCUT2D eigenvalue weighted by molar-refractivity contribution is 7.14. The summed E-state index contributed by atoms with van der Waals surface area (Å²) in [7, 11) is 1.63. The average molecular weight is 250 g/mol. The van der Waals surface area contributed by atoms with Crippen LogP contribution in [0, 0.1) is 0 Å². The summed E-state index contributed by atoms with van der Waals surface area (Å²) in [5.41, 5.74) is 1.37. The maximum absolute atomic E-state index is 11.2. The van der Waals surface area contributed by atoms with Crippen LogP contribution < -0.4 is 10.9 Å². The Hall–Kier alpha value is -1.69. The lowest BCUT2D eigenvalue weighted by molar-refractivity contribution is 0.711. The largest absolute Gasteiger partial charge is 0.359 e. The highest BCUT2D eigenvalue weighted by Crippen LogP contribution is 2.22. The van der Waals surface area contributed by atoms with E-state index in [2.05, 4.69) is 29.2 Å². The SMILES string of the molecule is CC(C)Nc1nc(-c2ccc(=O)n(C)n2)cs1. The van der Waals surface area contributed by atoms with E-state index in [1.165, 1.54) is 22.1 Å². The quantitative estimate of drug-likeness (QED) is 0.901. The normalized spacial score (nSPS) is 10.8. The van der Waals surface area contributed by atoms with Crippen molar-refractivity contribution < 1.29 is 0 Å².